The van der Waals surface area contributed by atoms with Crippen LogP contribution in [0.2, 0.25) is 0 Å². The lowest BCUT2D eigenvalue weighted by molar-refractivity contribution is -0.122. The summed E-state index contributed by atoms with van der Waals surface area (Å²) in [5.74, 6) is 2.43. The Morgan fingerprint density at radius 3 is 2.67 bits per heavy atom. The van der Waals surface area contributed by atoms with Gasteiger partial charge in [0.1, 0.15) is 5.76 Å². The number of nitrogens with zero attached hydrogens (tertiary/aromatic N) is 2. The van der Waals surface area contributed by atoms with Crippen LogP contribution in [0.3, 0.4) is 0 Å². The molecular formula is C20H27N5O2. The summed E-state index contributed by atoms with van der Waals surface area (Å²) in [6.07, 6.45) is 3.15. The number of benzene rings is 1. The SMILES string of the molecule is CN=C(NCc1cccc(NC(=O)C2CCC2)c1)NCc1nc(C)c(C)o1. The summed E-state index contributed by atoms with van der Waals surface area (Å²) in [6.45, 7) is 4.88. The highest BCUT2D eigenvalue weighted by molar-refractivity contribution is 5.93. The summed E-state index contributed by atoms with van der Waals surface area (Å²) in [5, 5.41) is 9.45. The third kappa shape index (κ3) is 5.09. The van der Waals surface area contributed by atoms with Crippen molar-refractivity contribution in [2.24, 2.45) is 10.9 Å². The van der Waals surface area contributed by atoms with Crippen molar-refractivity contribution < 1.29 is 9.21 Å². The van der Waals surface area contributed by atoms with Crippen LogP contribution in [-0.2, 0) is 17.9 Å². The number of aliphatic imine (C=N–C) groups is 1. The maximum Gasteiger partial charge on any atom is 0.227 e. The van der Waals surface area contributed by atoms with Gasteiger partial charge in [-0.05, 0) is 44.4 Å². The van der Waals surface area contributed by atoms with Gasteiger partial charge in [0.25, 0.3) is 0 Å². The van der Waals surface area contributed by atoms with Gasteiger partial charge in [-0.3, -0.25) is 9.79 Å². The Morgan fingerprint density at radius 1 is 1.26 bits per heavy atom. The predicted molar refractivity (Wildman–Crippen MR) is 105 cm³/mol. The number of aryl methyl sites for hydroxylation is 2. The van der Waals surface area contributed by atoms with Crippen LogP contribution >= 0.6 is 0 Å². The fourth-order valence-electron chi connectivity index (χ4n) is 2.85. The quantitative estimate of drug-likeness (QED) is 0.538. The van der Waals surface area contributed by atoms with E-state index in [-0.39, 0.29) is 11.8 Å². The average Bonchev–Trinajstić information content (AvgIpc) is 2.92. The van der Waals surface area contributed by atoms with Gasteiger partial charge in [-0.2, -0.15) is 0 Å². The summed E-state index contributed by atoms with van der Waals surface area (Å²) in [4.78, 5) is 20.7. The number of rotatable bonds is 6. The molecule has 7 nitrogen and oxygen atoms in total. The molecule has 1 aliphatic carbocycles. The molecule has 2 aromatic rings. The molecule has 0 bridgehead atoms. The van der Waals surface area contributed by atoms with Gasteiger partial charge in [-0.15, -0.1) is 0 Å². The number of aromatic nitrogens is 1. The second kappa shape index (κ2) is 8.70. The summed E-state index contributed by atoms with van der Waals surface area (Å²) >= 11 is 0. The third-order valence-corrected chi connectivity index (χ3v) is 4.83. The highest BCUT2D eigenvalue weighted by Crippen LogP contribution is 2.27. The van der Waals surface area contributed by atoms with Gasteiger partial charge in [-0.25, -0.2) is 4.98 Å². The van der Waals surface area contributed by atoms with Crippen LogP contribution in [0, 0.1) is 19.8 Å². The van der Waals surface area contributed by atoms with Crippen LogP contribution in [0.1, 0.15) is 42.2 Å². The summed E-state index contributed by atoms with van der Waals surface area (Å²) in [7, 11) is 1.72. The lowest BCUT2D eigenvalue weighted by Crippen LogP contribution is -2.36. The van der Waals surface area contributed by atoms with Crippen LogP contribution in [0.15, 0.2) is 33.7 Å². The van der Waals surface area contributed by atoms with E-state index < -0.39 is 0 Å². The molecule has 1 amide bonds. The molecular weight excluding hydrogens is 342 g/mol. The molecule has 1 aromatic carbocycles. The fraction of sp³-hybridized carbons (Fsp3) is 0.450. The predicted octanol–water partition coefficient (Wildman–Crippen LogP) is 2.90. The van der Waals surface area contributed by atoms with Crippen molar-refractivity contribution in [1.82, 2.24) is 15.6 Å². The highest BCUT2D eigenvalue weighted by atomic mass is 16.4. The molecule has 3 rings (SSSR count). The molecule has 1 saturated carbocycles. The molecule has 0 unspecified atom stereocenters. The number of carbonyl (C=O) groups excluding carboxylic acids is 1. The first-order valence-corrected chi connectivity index (χ1v) is 9.32. The maximum absolute atomic E-state index is 12.1. The molecule has 1 fully saturated rings. The van der Waals surface area contributed by atoms with Gasteiger partial charge < -0.3 is 20.4 Å². The number of nitrogens with one attached hydrogen (secondary N) is 3. The van der Waals surface area contributed by atoms with Crippen LogP contribution in [-0.4, -0.2) is 23.9 Å². The molecule has 7 heteroatoms. The van der Waals surface area contributed by atoms with Crippen molar-refractivity contribution >= 4 is 17.6 Å². The van der Waals surface area contributed by atoms with Crippen molar-refractivity contribution in [3.8, 4) is 0 Å². The van der Waals surface area contributed by atoms with E-state index in [0.29, 0.717) is 24.9 Å². The van der Waals surface area contributed by atoms with Crippen LogP contribution in [0.25, 0.3) is 0 Å². The topological polar surface area (TPSA) is 91.5 Å². The Balaban J connectivity index is 1.50. The molecule has 1 heterocycles. The maximum atomic E-state index is 12.1. The average molecular weight is 369 g/mol. The first-order chi connectivity index (χ1) is 13.0. The Hall–Kier alpha value is -2.83. The van der Waals surface area contributed by atoms with Gasteiger partial charge in [0.05, 0.1) is 12.2 Å². The second-order valence-corrected chi connectivity index (χ2v) is 6.85. The van der Waals surface area contributed by atoms with E-state index in [2.05, 4.69) is 25.9 Å². The zero-order chi connectivity index (χ0) is 19.2. The van der Waals surface area contributed by atoms with Crippen LogP contribution in [0.5, 0.6) is 0 Å². The monoisotopic (exact) mass is 369 g/mol. The van der Waals surface area contributed by atoms with Crippen molar-refractivity contribution in [3.05, 3.63) is 47.2 Å². The number of hydrogen-bond acceptors (Lipinski definition) is 4. The Bertz CT molecular complexity index is 804. The molecule has 1 aliphatic rings. The van der Waals surface area contributed by atoms with Gasteiger partial charge in [0.15, 0.2) is 5.96 Å². The highest BCUT2D eigenvalue weighted by Gasteiger charge is 2.25. The Labute approximate surface area is 159 Å². The normalized spacial score (nSPS) is 14.6. The molecule has 144 valence electrons. The minimum absolute atomic E-state index is 0.125. The summed E-state index contributed by atoms with van der Waals surface area (Å²) in [5.41, 5.74) is 2.79. The summed E-state index contributed by atoms with van der Waals surface area (Å²) in [6, 6.07) is 7.86. The lowest BCUT2D eigenvalue weighted by atomic mass is 9.85. The Morgan fingerprint density at radius 2 is 2.04 bits per heavy atom. The molecule has 27 heavy (non-hydrogen) atoms. The smallest absolute Gasteiger partial charge is 0.227 e. The minimum atomic E-state index is 0.125. The minimum Gasteiger partial charge on any atom is -0.444 e. The third-order valence-electron chi connectivity index (χ3n) is 4.83. The standard InChI is InChI=1S/C20H27N5O2/c1-13-14(2)27-18(24-13)12-23-20(21-3)22-11-15-6-4-9-17(10-15)25-19(26)16-7-5-8-16/h4,6,9-10,16H,5,7-8,11-12H2,1-3H3,(H,25,26)(H2,21,22,23). The number of amides is 1. The molecule has 0 aliphatic heterocycles. The first-order valence-electron chi connectivity index (χ1n) is 9.32. The van der Waals surface area contributed by atoms with Gasteiger partial charge >= 0.3 is 0 Å². The molecule has 0 atom stereocenters. The van der Waals surface area contributed by atoms with Gasteiger partial charge in [0, 0.05) is 25.2 Å². The molecule has 1 aromatic heterocycles. The van der Waals surface area contributed by atoms with E-state index in [4.69, 9.17) is 4.42 Å². The van der Waals surface area contributed by atoms with Crippen molar-refractivity contribution in [3.63, 3.8) is 0 Å². The van der Waals surface area contributed by atoms with Gasteiger partial charge in [0.2, 0.25) is 11.8 Å². The number of guanidine groups is 1. The van der Waals surface area contributed by atoms with Crippen LogP contribution in [0.4, 0.5) is 5.69 Å². The van der Waals surface area contributed by atoms with E-state index >= 15 is 0 Å². The lowest BCUT2D eigenvalue weighted by Gasteiger charge is -2.24. The summed E-state index contributed by atoms with van der Waals surface area (Å²) < 4.78 is 5.56. The number of hydrogen-bond donors (Lipinski definition) is 3. The molecule has 3 N–H and O–H groups in total. The second-order valence-electron chi connectivity index (χ2n) is 6.85. The van der Waals surface area contributed by atoms with E-state index in [1.807, 2.05) is 38.1 Å². The zero-order valence-corrected chi connectivity index (χ0v) is 16.1. The van der Waals surface area contributed by atoms with Crippen molar-refractivity contribution in [2.45, 2.75) is 46.2 Å². The number of carbonyl (C=O) groups is 1. The van der Waals surface area contributed by atoms with E-state index in [1.54, 1.807) is 7.05 Å². The number of oxazole rings is 1. The molecule has 0 radical (unpaired) electrons. The van der Waals surface area contributed by atoms with Crippen molar-refractivity contribution in [1.29, 1.82) is 0 Å². The van der Waals surface area contributed by atoms with Crippen LogP contribution < -0.4 is 16.0 Å². The zero-order valence-electron chi connectivity index (χ0n) is 16.1. The molecule has 0 saturated heterocycles. The van der Waals surface area contributed by atoms with E-state index in [1.165, 1.54) is 0 Å². The fourth-order valence-corrected chi connectivity index (χ4v) is 2.85. The van der Waals surface area contributed by atoms with Crippen molar-refractivity contribution in [2.75, 3.05) is 12.4 Å². The Kier molecular flexibility index (Phi) is 6.11. The molecule has 0 spiro atoms. The van der Waals surface area contributed by atoms with E-state index in [9.17, 15) is 4.79 Å². The number of anilines is 1. The largest absolute Gasteiger partial charge is 0.444 e. The first kappa shape index (κ1) is 18.9. The van der Waals surface area contributed by atoms with Gasteiger partial charge in [-0.1, -0.05) is 18.6 Å². The van der Waals surface area contributed by atoms with E-state index in [0.717, 1.165) is 42.0 Å².